The van der Waals surface area contributed by atoms with E-state index in [1.807, 2.05) is 39.0 Å². The van der Waals surface area contributed by atoms with Crippen LogP contribution in [-0.2, 0) is 10.0 Å². The standard InChI is InChI=1S/C26H31N5O6S/c1-6-16(3)29-38(35,36)23-14-20(31(33)34)12-13-22(23)37-26-18(5)24(25(32)27-19-10-11-19)28-30(26)21-9-7-8-15(2)17(21)4/h7-9,12-14,16,19,29H,6,10-11H2,1-5H3,(H,27,32)/t16-/m1/s1. The summed E-state index contributed by atoms with van der Waals surface area (Å²) in [6.07, 6.45) is 2.32. The van der Waals surface area contributed by atoms with E-state index in [0.717, 1.165) is 30.0 Å². The highest BCUT2D eigenvalue weighted by Crippen LogP contribution is 2.36. The Labute approximate surface area is 221 Å². The third kappa shape index (κ3) is 5.55. The Bertz CT molecular complexity index is 1510. The molecular weight excluding hydrogens is 510 g/mol. The van der Waals surface area contributed by atoms with Gasteiger partial charge in [0.05, 0.1) is 10.6 Å². The Morgan fingerprint density at radius 3 is 2.55 bits per heavy atom. The number of sulfonamides is 1. The van der Waals surface area contributed by atoms with Gasteiger partial charge in [0.25, 0.3) is 11.6 Å². The van der Waals surface area contributed by atoms with Gasteiger partial charge in [0.2, 0.25) is 15.9 Å². The van der Waals surface area contributed by atoms with Crippen molar-refractivity contribution in [2.24, 2.45) is 0 Å². The number of carbonyl (C=O) groups excluding carboxylic acids is 1. The van der Waals surface area contributed by atoms with E-state index in [0.29, 0.717) is 17.7 Å². The first-order valence-electron chi connectivity index (χ1n) is 12.4. The Morgan fingerprint density at radius 1 is 1.21 bits per heavy atom. The predicted octanol–water partition coefficient (Wildman–Crippen LogP) is 4.47. The van der Waals surface area contributed by atoms with Gasteiger partial charge in [-0.25, -0.2) is 13.1 Å². The van der Waals surface area contributed by atoms with Crippen LogP contribution >= 0.6 is 0 Å². The van der Waals surface area contributed by atoms with Crippen LogP contribution in [0.3, 0.4) is 0 Å². The van der Waals surface area contributed by atoms with E-state index in [-0.39, 0.29) is 34.2 Å². The SMILES string of the molecule is CC[C@@H](C)NS(=O)(=O)c1cc([N+](=O)[O-])ccc1Oc1c(C)c(C(=O)NC2CC2)nn1-c1cccc(C)c1C. The highest BCUT2D eigenvalue weighted by atomic mass is 32.2. The van der Waals surface area contributed by atoms with E-state index in [2.05, 4.69) is 15.1 Å². The van der Waals surface area contributed by atoms with Gasteiger partial charge in [0.15, 0.2) is 5.69 Å². The fraction of sp³-hybridized carbons (Fsp3) is 0.385. The van der Waals surface area contributed by atoms with Crippen LogP contribution in [0, 0.1) is 30.9 Å². The third-order valence-corrected chi connectivity index (χ3v) is 8.21. The number of nitro groups is 1. The fourth-order valence-corrected chi connectivity index (χ4v) is 5.32. The molecular formula is C26H31N5O6S. The molecule has 3 aromatic rings. The molecule has 38 heavy (non-hydrogen) atoms. The lowest BCUT2D eigenvalue weighted by molar-refractivity contribution is -0.385. The number of hydrogen-bond acceptors (Lipinski definition) is 7. The lowest BCUT2D eigenvalue weighted by Gasteiger charge is -2.17. The average molecular weight is 542 g/mol. The topological polar surface area (TPSA) is 145 Å². The molecule has 1 aliphatic rings. The van der Waals surface area contributed by atoms with E-state index in [1.165, 1.54) is 16.8 Å². The number of nitrogens with zero attached hydrogens (tertiary/aromatic N) is 3. The molecule has 0 aliphatic heterocycles. The molecule has 1 amide bonds. The number of non-ortho nitro benzene ring substituents is 1. The maximum atomic E-state index is 13.3. The molecule has 4 rings (SSSR count). The minimum absolute atomic E-state index is 0.107. The molecule has 2 N–H and O–H groups in total. The zero-order valence-electron chi connectivity index (χ0n) is 21.9. The summed E-state index contributed by atoms with van der Waals surface area (Å²) in [7, 11) is -4.19. The van der Waals surface area contributed by atoms with Gasteiger partial charge in [-0.3, -0.25) is 14.9 Å². The predicted molar refractivity (Wildman–Crippen MR) is 142 cm³/mol. The van der Waals surface area contributed by atoms with Crippen LogP contribution in [0.5, 0.6) is 11.6 Å². The Balaban J connectivity index is 1.88. The molecule has 1 aromatic heterocycles. The molecule has 0 unspecified atom stereocenters. The third-order valence-electron chi connectivity index (χ3n) is 6.60. The van der Waals surface area contributed by atoms with Crippen LogP contribution in [0.1, 0.15) is 60.3 Å². The van der Waals surface area contributed by atoms with Crippen LogP contribution < -0.4 is 14.8 Å². The van der Waals surface area contributed by atoms with E-state index < -0.39 is 26.7 Å². The van der Waals surface area contributed by atoms with Gasteiger partial charge in [-0.05, 0) is 70.2 Å². The van der Waals surface area contributed by atoms with Crippen molar-refractivity contribution in [2.45, 2.75) is 70.9 Å². The Morgan fingerprint density at radius 2 is 1.92 bits per heavy atom. The number of carbonyl (C=O) groups is 1. The molecule has 0 bridgehead atoms. The quantitative estimate of drug-likeness (QED) is 0.284. The second kappa shape index (κ2) is 10.5. The normalized spacial score (nSPS) is 14.2. The van der Waals surface area contributed by atoms with Crippen molar-refractivity contribution in [1.29, 1.82) is 0 Å². The Hall–Kier alpha value is -3.77. The minimum atomic E-state index is -4.19. The molecule has 2 aromatic carbocycles. The summed E-state index contributed by atoms with van der Waals surface area (Å²) >= 11 is 0. The summed E-state index contributed by atoms with van der Waals surface area (Å²) < 4.78 is 36.7. The number of rotatable bonds is 10. The minimum Gasteiger partial charge on any atom is -0.437 e. The van der Waals surface area contributed by atoms with Crippen LogP contribution in [-0.4, -0.2) is 41.1 Å². The molecule has 0 radical (unpaired) electrons. The smallest absolute Gasteiger partial charge is 0.272 e. The molecule has 11 nitrogen and oxygen atoms in total. The number of ether oxygens (including phenoxy) is 1. The summed E-state index contributed by atoms with van der Waals surface area (Å²) in [5.41, 5.74) is 2.69. The zero-order valence-corrected chi connectivity index (χ0v) is 22.8. The van der Waals surface area contributed by atoms with E-state index in [1.54, 1.807) is 13.8 Å². The number of nitro benzene ring substituents is 1. The summed E-state index contributed by atoms with van der Waals surface area (Å²) in [5.74, 6) is -0.350. The highest BCUT2D eigenvalue weighted by molar-refractivity contribution is 7.89. The van der Waals surface area contributed by atoms with E-state index in [4.69, 9.17) is 4.74 Å². The molecule has 1 atom stereocenters. The first-order chi connectivity index (χ1) is 17.9. The second-order valence-corrected chi connectivity index (χ2v) is 11.3. The molecule has 0 saturated heterocycles. The maximum absolute atomic E-state index is 13.3. The average Bonchev–Trinajstić information content (AvgIpc) is 3.62. The fourth-order valence-electron chi connectivity index (χ4n) is 3.85. The highest BCUT2D eigenvalue weighted by Gasteiger charge is 2.31. The number of aromatic nitrogens is 2. The molecule has 1 fully saturated rings. The van der Waals surface area contributed by atoms with Gasteiger partial charge in [-0.2, -0.15) is 9.78 Å². The lowest BCUT2D eigenvalue weighted by Crippen LogP contribution is -2.32. The van der Waals surface area contributed by atoms with Crippen molar-refractivity contribution >= 4 is 21.6 Å². The van der Waals surface area contributed by atoms with Gasteiger partial charge in [0, 0.05) is 29.8 Å². The molecule has 12 heteroatoms. The van der Waals surface area contributed by atoms with E-state index in [9.17, 15) is 23.3 Å². The number of amides is 1. The van der Waals surface area contributed by atoms with Gasteiger partial charge in [-0.15, -0.1) is 0 Å². The van der Waals surface area contributed by atoms with Crippen molar-refractivity contribution < 1.29 is 22.9 Å². The zero-order chi connectivity index (χ0) is 27.8. The molecule has 0 spiro atoms. The number of hydrogen-bond donors (Lipinski definition) is 2. The van der Waals surface area contributed by atoms with Gasteiger partial charge < -0.3 is 10.1 Å². The van der Waals surface area contributed by atoms with Crippen molar-refractivity contribution in [3.63, 3.8) is 0 Å². The maximum Gasteiger partial charge on any atom is 0.272 e. The van der Waals surface area contributed by atoms with Crippen molar-refractivity contribution in [1.82, 2.24) is 19.8 Å². The van der Waals surface area contributed by atoms with Crippen LogP contribution in [0.25, 0.3) is 5.69 Å². The second-order valence-electron chi connectivity index (χ2n) is 9.58. The van der Waals surface area contributed by atoms with Crippen molar-refractivity contribution in [3.8, 4) is 17.3 Å². The monoisotopic (exact) mass is 541 g/mol. The number of nitrogens with one attached hydrogen (secondary N) is 2. The number of benzene rings is 2. The van der Waals surface area contributed by atoms with Crippen molar-refractivity contribution in [2.75, 3.05) is 0 Å². The molecule has 202 valence electrons. The molecule has 1 heterocycles. The Kier molecular flexibility index (Phi) is 7.56. The molecule has 1 aliphatic carbocycles. The van der Waals surface area contributed by atoms with Gasteiger partial charge in [-0.1, -0.05) is 19.1 Å². The van der Waals surface area contributed by atoms with E-state index >= 15 is 0 Å². The van der Waals surface area contributed by atoms with Crippen LogP contribution in [0.2, 0.25) is 0 Å². The number of aryl methyl sites for hydroxylation is 1. The summed E-state index contributed by atoms with van der Waals surface area (Å²) in [6, 6.07) is 8.69. The van der Waals surface area contributed by atoms with Crippen LogP contribution in [0.15, 0.2) is 41.3 Å². The van der Waals surface area contributed by atoms with Crippen molar-refractivity contribution in [3.05, 3.63) is 68.9 Å². The summed E-state index contributed by atoms with van der Waals surface area (Å²) in [4.78, 5) is 23.4. The van der Waals surface area contributed by atoms with Gasteiger partial charge >= 0.3 is 0 Å². The first-order valence-corrected chi connectivity index (χ1v) is 13.9. The lowest BCUT2D eigenvalue weighted by atomic mass is 10.1. The molecule has 1 saturated carbocycles. The first kappa shape index (κ1) is 27.3. The van der Waals surface area contributed by atoms with Crippen LogP contribution in [0.4, 0.5) is 5.69 Å². The summed E-state index contributed by atoms with van der Waals surface area (Å²) in [6.45, 7) is 9.03. The largest absolute Gasteiger partial charge is 0.437 e. The van der Waals surface area contributed by atoms with Gasteiger partial charge in [0.1, 0.15) is 10.6 Å². The summed E-state index contributed by atoms with van der Waals surface area (Å²) in [5, 5.41) is 18.9.